The van der Waals surface area contributed by atoms with Gasteiger partial charge in [-0.2, -0.15) is 5.10 Å². The Balaban J connectivity index is 1.21. The van der Waals surface area contributed by atoms with Gasteiger partial charge in [-0.3, -0.25) is 10.00 Å². The second kappa shape index (κ2) is 6.23. The van der Waals surface area contributed by atoms with Crippen LogP contribution in [0, 0.1) is 0 Å². The Bertz CT molecular complexity index is 873. The molecule has 3 aromatic rings. The summed E-state index contributed by atoms with van der Waals surface area (Å²) >= 11 is 0. The molecule has 0 atom stereocenters. The van der Waals surface area contributed by atoms with Crippen LogP contribution in [0.3, 0.4) is 0 Å². The SMILES string of the molecule is c1cc(OC2CCN(Cc3n[nH]c4c3CCC4)CC2)c2cc[nH]c2c1. The maximum Gasteiger partial charge on any atom is 0.129 e. The molecule has 2 aromatic heterocycles. The lowest BCUT2D eigenvalue weighted by Crippen LogP contribution is -2.38. The number of benzene rings is 1. The topological polar surface area (TPSA) is 56.9 Å². The maximum absolute atomic E-state index is 6.32. The Morgan fingerprint density at radius 1 is 1.16 bits per heavy atom. The van der Waals surface area contributed by atoms with Crippen molar-refractivity contribution in [2.24, 2.45) is 0 Å². The summed E-state index contributed by atoms with van der Waals surface area (Å²) < 4.78 is 6.32. The Labute approximate surface area is 147 Å². The van der Waals surface area contributed by atoms with E-state index in [-0.39, 0.29) is 0 Å². The van der Waals surface area contributed by atoms with Crippen LogP contribution < -0.4 is 4.74 Å². The molecule has 3 heterocycles. The second-order valence-electron chi connectivity index (χ2n) is 7.27. The number of hydrogen-bond donors (Lipinski definition) is 2. The molecule has 0 amide bonds. The summed E-state index contributed by atoms with van der Waals surface area (Å²) in [6, 6.07) is 8.32. The first kappa shape index (κ1) is 15.0. The van der Waals surface area contributed by atoms with Gasteiger partial charge in [0.15, 0.2) is 0 Å². The monoisotopic (exact) mass is 336 g/mol. The summed E-state index contributed by atoms with van der Waals surface area (Å²) in [5, 5.41) is 8.95. The van der Waals surface area contributed by atoms with Gasteiger partial charge in [0.25, 0.3) is 0 Å². The summed E-state index contributed by atoms with van der Waals surface area (Å²) in [6.45, 7) is 3.14. The van der Waals surface area contributed by atoms with Crippen LogP contribution in [0.5, 0.6) is 5.75 Å². The molecule has 1 aliphatic heterocycles. The highest BCUT2D eigenvalue weighted by Crippen LogP contribution is 2.28. The smallest absolute Gasteiger partial charge is 0.129 e. The second-order valence-corrected chi connectivity index (χ2v) is 7.27. The van der Waals surface area contributed by atoms with Crippen LogP contribution in [0.25, 0.3) is 10.9 Å². The fraction of sp³-hybridized carbons (Fsp3) is 0.450. The molecule has 5 nitrogen and oxygen atoms in total. The molecule has 0 spiro atoms. The molecular weight excluding hydrogens is 312 g/mol. The molecule has 1 aromatic carbocycles. The number of likely N-dealkylation sites (tertiary alicyclic amines) is 1. The Morgan fingerprint density at radius 2 is 2.08 bits per heavy atom. The molecule has 25 heavy (non-hydrogen) atoms. The van der Waals surface area contributed by atoms with Crippen molar-refractivity contribution < 1.29 is 4.74 Å². The van der Waals surface area contributed by atoms with E-state index >= 15 is 0 Å². The first-order chi connectivity index (χ1) is 12.4. The number of piperidine rings is 1. The van der Waals surface area contributed by atoms with E-state index in [9.17, 15) is 0 Å². The Morgan fingerprint density at radius 3 is 3.00 bits per heavy atom. The summed E-state index contributed by atoms with van der Waals surface area (Å²) in [6.07, 6.45) is 8.08. The van der Waals surface area contributed by atoms with Crippen molar-refractivity contribution >= 4 is 10.9 Å². The highest BCUT2D eigenvalue weighted by atomic mass is 16.5. The largest absolute Gasteiger partial charge is 0.490 e. The highest BCUT2D eigenvalue weighted by molar-refractivity contribution is 5.85. The van der Waals surface area contributed by atoms with E-state index in [0.717, 1.165) is 43.7 Å². The summed E-state index contributed by atoms with van der Waals surface area (Å²) in [5.74, 6) is 1.00. The van der Waals surface area contributed by atoms with Crippen LogP contribution in [0.1, 0.15) is 36.2 Å². The quantitative estimate of drug-likeness (QED) is 0.767. The van der Waals surface area contributed by atoms with Gasteiger partial charge in [-0.1, -0.05) is 6.07 Å². The number of H-pyrrole nitrogens is 2. The van der Waals surface area contributed by atoms with Crippen LogP contribution in [0.15, 0.2) is 30.5 Å². The number of hydrogen-bond acceptors (Lipinski definition) is 3. The molecule has 0 bridgehead atoms. The van der Waals surface area contributed by atoms with Crippen molar-refractivity contribution in [3.05, 3.63) is 47.4 Å². The zero-order valence-corrected chi connectivity index (χ0v) is 14.4. The number of nitrogens with zero attached hydrogens (tertiary/aromatic N) is 2. The minimum atomic E-state index is 0.307. The van der Waals surface area contributed by atoms with Crippen LogP contribution in [-0.2, 0) is 19.4 Å². The Kier molecular flexibility index (Phi) is 3.74. The molecule has 0 saturated carbocycles. The maximum atomic E-state index is 6.32. The van der Waals surface area contributed by atoms with Gasteiger partial charge in [-0.25, -0.2) is 0 Å². The molecule has 2 aliphatic rings. The predicted molar refractivity (Wildman–Crippen MR) is 97.8 cm³/mol. The number of nitrogens with one attached hydrogen (secondary N) is 2. The van der Waals surface area contributed by atoms with E-state index in [0.29, 0.717) is 6.10 Å². The van der Waals surface area contributed by atoms with Crippen molar-refractivity contribution in [2.75, 3.05) is 13.1 Å². The zero-order chi connectivity index (χ0) is 16.6. The fourth-order valence-electron chi connectivity index (χ4n) is 4.25. The summed E-state index contributed by atoms with van der Waals surface area (Å²) in [5.41, 5.74) is 5.26. The fourth-order valence-corrected chi connectivity index (χ4v) is 4.25. The van der Waals surface area contributed by atoms with E-state index < -0.39 is 0 Å². The average molecular weight is 336 g/mol. The van der Waals surface area contributed by atoms with Gasteiger partial charge in [0, 0.05) is 42.4 Å². The van der Waals surface area contributed by atoms with E-state index in [1.807, 2.05) is 6.20 Å². The minimum absolute atomic E-state index is 0.307. The number of aryl methyl sites for hydroxylation is 1. The molecule has 2 N–H and O–H groups in total. The summed E-state index contributed by atoms with van der Waals surface area (Å²) in [4.78, 5) is 5.77. The number of aromatic nitrogens is 3. The van der Waals surface area contributed by atoms with Crippen molar-refractivity contribution in [2.45, 2.75) is 44.8 Å². The van der Waals surface area contributed by atoms with Crippen molar-refractivity contribution in [1.82, 2.24) is 20.1 Å². The molecule has 1 fully saturated rings. The van der Waals surface area contributed by atoms with Gasteiger partial charge in [0.05, 0.1) is 5.69 Å². The van der Waals surface area contributed by atoms with Gasteiger partial charge >= 0.3 is 0 Å². The predicted octanol–water partition coefficient (Wildman–Crippen LogP) is 3.42. The lowest BCUT2D eigenvalue weighted by atomic mass is 10.1. The van der Waals surface area contributed by atoms with Gasteiger partial charge in [-0.15, -0.1) is 0 Å². The third-order valence-corrected chi connectivity index (χ3v) is 5.65. The van der Waals surface area contributed by atoms with Gasteiger partial charge < -0.3 is 9.72 Å². The molecule has 1 saturated heterocycles. The molecular formula is C20H24N4O. The van der Waals surface area contributed by atoms with E-state index in [4.69, 9.17) is 4.74 Å². The van der Waals surface area contributed by atoms with Crippen LogP contribution in [0.4, 0.5) is 0 Å². The van der Waals surface area contributed by atoms with Gasteiger partial charge in [0.1, 0.15) is 11.9 Å². The molecule has 5 rings (SSSR count). The molecule has 5 heteroatoms. The first-order valence-corrected chi connectivity index (χ1v) is 9.37. The lowest BCUT2D eigenvalue weighted by molar-refractivity contribution is 0.0971. The van der Waals surface area contributed by atoms with Crippen molar-refractivity contribution in [3.63, 3.8) is 0 Å². The molecule has 130 valence electrons. The average Bonchev–Trinajstić information content (AvgIpc) is 3.35. The summed E-state index contributed by atoms with van der Waals surface area (Å²) in [7, 11) is 0. The van der Waals surface area contributed by atoms with E-state index in [1.54, 1.807) is 0 Å². The Hall–Kier alpha value is -2.27. The van der Waals surface area contributed by atoms with Crippen LogP contribution in [-0.4, -0.2) is 39.3 Å². The van der Waals surface area contributed by atoms with Gasteiger partial charge in [-0.05, 0) is 55.9 Å². The van der Waals surface area contributed by atoms with E-state index in [1.165, 1.54) is 41.6 Å². The highest BCUT2D eigenvalue weighted by Gasteiger charge is 2.24. The van der Waals surface area contributed by atoms with E-state index in [2.05, 4.69) is 44.3 Å². The number of ether oxygens (including phenoxy) is 1. The minimum Gasteiger partial charge on any atom is -0.490 e. The normalized spacial score (nSPS) is 18.7. The lowest BCUT2D eigenvalue weighted by Gasteiger charge is -2.32. The van der Waals surface area contributed by atoms with Crippen molar-refractivity contribution in [3.8, 4) is 5.75 Å². The van der Waals surface area contributed by atoms with Crippen LogP contribution in [0.2, 0.25) is 0 Å². The third kappa shape index (κ3) is 2.82. The number of fused-ring (bicyclic) bond motifs is 2. The number of rotatable bonds is 4. The third-order valence-electron chi connectivity index (χ3n) is 5.65. The van der Waals surface area contributed by atoms with Gasteiger partial charge in [0.2, 0.25) is 0 Å². The standard InChI is InChI=1S/C20H24N4O/c1-3-15-18(5-1)22-23-19(15)13-24-11-8-14(9-12-24)25-20-6-2-4-17-16(20)7-10-21-17/h2,4,6-7,10,14,21H,1,3,5,8-9,11-13H2,(H,22,23). The van der Waals surface area contributed by atoms with Crippen molar-refractivity contribution in [1.29, 1.82) is 0 Å². The zero-order valence-electron chi connectivity index (χ0n) is 14.4. The number of aromatic amines is 2. The first-order valence-electron chi connectivity index (χ1n) is 9.37. The molecule has 1 aliphatic carbocycles. The van der Waals surface area contributed by atoms with Crippen LogP contribution >= 0.6 is 0 Å². The molecule has 0 unspecified atom stereocenters. The molecule has 0 radical (unpaired) electrons.